The fraction of sp³-hybridized carbons (Fsp3) is 0.357. The van der Waals surface area contributed by atoms with Gasteiger partial charge in [0, 0.05) is 23.7 Å². The smallest absolute Gasteiger partial charge is 0.324 e. The maximum atomic E-state index is 13.7. The highest BCUT2D eigenvalue weighted by Crippen LogP contribution is 2.23. The third-order valence-corrected chi connectivity index (χ3v) is 4.20. The van der Waals surface area contributed by atoms with Crippen molar-refractivity contribution in [3.05, 3.63) is 34.6 Å². The molecule has 2 fully saturated rings. The number of imide groups is 1. The number of likely N-dealkylation sites (tertiary alicyclic amines) is 1. The van der Waals surface area contributed by atoms with Gasteiger partial charge >= 0.3 is 6.03 Å². The van der Waals surface area contributed by atoms with Gasteiger partial charge in [-0.1, -0.05) is 17.7 Å². The number of rotatable bonds is 3. The quantitative estimate of drug-likeness (QED) is 0.835. The van der Waals surface area contributed by atoms with Crippen LogP contribution in [0.4, 0.5) is 9.18 Å². The van der Waals surface area contributed by atoms with Crippen LogP contribution in [-0.2, 0) is 16.0 Å². The van der Waals surface area contributed by atoms with Gasteiger partial charge in [-0.25, -0.2) is 9.18 Å². The third-order valence-electron chi connectivity index (χ3n) is 3.85. The molecule has 6 nitrogen and oxygen atoms in total. The number of nitrogens with one attached hydrogen (secondary N) is 1. The minimum absolute atomic E-state index is 0.00584. The summed E-state index contributed by atoms with van der Waals surface area (Å²) in [6, 6.07) is 3.51. The van der Waals surface area contributed by atoms with E-state index in [4.69, 9.17) is 11.6 Å². The lowest BCUT2D eigenvalue weighted by Crippen LogP contribution is -2.62. The molecule has 0 radical (unpaired) electrons. The van der Waals surface area contributed by atoms with E-state index in [-0.39, 0.29) is 54.5 Å². The van der Waals surface area contributed by atoms with E-state index in [1.807, 2.05) is 0 Å². The number of halogens is 2. The number of carbonyl (C=O) groups excluding carboxylic acids is 3. The molecule has 0 saturated carbocycles. The van der Waals surface area contributed by atoms with E-state index >= 15 is 0 Å². The molecule has 2 aliphatic rings. The number of urea groups is 1. The van der Waals surface area contributed by atoms with E-state index in [0.717, 1.165) is 4.90 Å². The van der Waals surface area contributed by atoms with Crippen LogP contribution in [0.25, 0.3) is 0 Å². The van der Waals surface area contributed by atoms with Crippen molar-refractivity contribution in [2.24, 2.45) is 0 Å². The SMILES string of the molecule is O=C(Cc1c(F)cccc1Cl)N1CC(N2C(=O)CNC2=O)C1. The van der Waals surface area contributed by atoms with E-state index < -0.39 is 11.8 Å². The molecule has 0 unspecified atom stereocenters. The van der Waals surface area contributed by atoms with Crippen molar-refractivity contribution < 1.29 is 18.8 Å². The molecule has 2 aliphatic heterocycles. The zero-order valence-electron chi connectivity index (χ0n) is 11.5. The third kappa shape index (κ3) is 2.52. The van der Waals surface area contributed by atoms with Crippen LogP contribution >= 0.6 is 11.6 Å². The van der Waals surface area contributed by atoms with Crippen molar-refractivity contribution in [2.45, 2.75) is 12.5 Å². The summed E-state index contributed by atoms with van der Waals surface area (Å²) in [4.78, 5) is 37.8. The van der Waals surface area contributed by atoms with E-state index in [0.29, 0.717) is 0 Å². The Hall–Kier alpha value is -2.15. The minimum atomic E-state index is -0.521. The van der Waals surface area contributed by atoms with Crippen LogP contribution in [0.2, 0.25) is 5.02 Å². The normalized spacial score (nSPS) is 18.5. The summed E-state index contributed by atoms with van der Waals surface area (Å²) in [5, 5.41) is 2.64. The summed E-state index contributed by atoms with van der Waals surface area (Å²) in [6.45, 7) is 0.530. The number of benzene rings is 1. The Labute approximate surface area is 130 Å². The lowest BCUT2D eigenvalue weighted by Gasteiger charge is -2.42. The van der Waals surface area contributed by atoms with Crippen molar-refractivity contribution in [2.75, 3.05) is 19.6 Å². The zero-order chi connectivity index (χ0) is 15.9. The molecule has 8 heteroatoms. The molecule has 4 amide bonds. The maximum Gasteiger partial charge on any atom is 0.324 e. The first-order chi connectivity index (χ1) is 10.5. The first-order valence-electron chi connectivity index (χ1n) is 6.78. The van der Waals surface area contributed by atoms with E-state index in [1.54, 1.807) is 0 Å². The van der Waals surface area contributed by atoms with Gasteiger partial charge in [0.25, 0.3) is 0 Å². The molecule has 0 bridgehead atoms. The van der Waals surface area contributed by atoms with Gasteiger partial charge in [-0.05, 0) is 12.1 Å². The summed E-state index contributed by atoms with van der Waals surface area (Å²) in [6.07, 6.45) is -0.141. The van der Waals surface area contributed by atoms with E-state index in [1.165, 1.54) is 23.1 Å². The summed E-state index contributed by atoms with van der Waals surface area (Å²) in [7, 11) is 0. The van der Waals surface area contributed by atoms with Crippen molar-refractivity contribution in [3.63, 3.8) is 0 Å². The number of hydrogen-bond donors (Lipinski definition) is 1. The minimum Gasteiger partial charge on any atom is -0.338 e. The van der Waals surface area contributed by atoms with Crippen LogP contribution in [0, 0.1) is 5.82 Å². The van der Waals surface area contributed by atoms with Gasteiger partial charge < -0.3 is 10.2 Å². The van der Waals surface area contributed by atoms with Crippen LogP contribution in [-0.4, -0.2) is 53.3 Å². The molecule has 0 aliphatic carbocycles. The van der Waals surface area contributed by atoms with Crippen LogP contribution in [0.15, 0.2) is 18.2 Å². The van der Waals surface area contributed by atoms with Crippen LogP contribution in [0.5, 0.6) is 0 Å². The van der Waals surface area contributed by atoms with Crippen molar-refractivity contribution >= 4 is 29.4 Å². The zero-order valence-corrected chi connectivity index (χ0v) is 12.3. The van der Waals surface area contributed by atoms with Gasteiger partial charge in [-0.3, -0.25) is 14.5 Å². The second kappa shape index (κ2) is 5.57. The van der Waals surface area contributed by atoms with Crippen molar-refractivity contribution in [1.29, 1.82) is 0 Å². The highest BCUT2D eigenvalue weighted by atomic mass is 35.5. The molecule has 2 heterocycles. The topological polar surface area (TPSA) is 69.7 Å². The molecule has 1 aromatic carbocycles. The Bertz CT molecular complexity index is 624. The molecular weight excluding hydrogens is 313 g/mol. The predicted molar refractivity (Wildman–Crippen MR) is 75.7 cm³/mol. The second-order valence-electron chi connectivity index (χ2n) is 5.25. The lowest BCUT2D eigenvalue weighted by atomic mass is 10.0. The predicted octanol–water partition coefficient (Wildman–Crippen LogP) is 0.784. The van der Waals surface area contributed by atoms with Crippen LogP contribution in [0.3, 0.4) is 0 Å². The van der Waals surface area contributed by atoms with Gasteiger partial charge in [-0.2, -0.15) is 0 Å². The molecule has 0 aromatic heterocycles. The van der Waals surface area contributed by atoms with Crippen molar-refractivity contribution in [3.8, 4) is 0 Å². The molecule has 1 N–H and O–H groups in total. The van der Waals surface area contributed by atoms with Gasteiger partial charge in [0.15, 0.2) is 0 Å². The Morgan fingerprint density at radius 2 is 2.09 bits per heavy atom. The standard InChI is InChI=1S/C14H13ClFN3O3/c15-10-2-1-3-11(16)9(10)4-12(20)18-6-8(7-18)19-13(21)5-17-14(19)22/h1-3,8H,4-7H2,(H,17,22). The number of hydrogen-bond acceptors (Lipinski definition) is 3. The van der Waals surface area contributed by atoms with Gasteiger partial charge in [0.2, 0.25) is 11.8 Å². The average molecular weight is 326 g/mol. The highest BCUT2D eigenvalue weighted by Gasteiger charge is 2.42. The summed E-state index contributed by atoms with van der Waals surface area (Å²) in [5.41, 5.74) is 0.160. The monoisotopic (exact) mass is 325 g/mol. The van der Waals surface area contributed by atoms with E-state index in [2.05, 4.69) is 5.32 Å². The Balaban J connectivity index is 1.60. The summed E-state index contributed by atoms with van der Waals surface area (Å²) < 4.78 is 13.7. The maximum absolute atomic E-state index is 13.7. The van der Waals surface area contributed by atoms with E-state index in [9.17, 15) is 18.8 Å². The number of nitrogens with zero attached hydrogens (tertiary/aromatic N) is 2. The molecule has 116 valence electrons. The lowest BCUT2D eigenvalue weighted by molar-refractivity contribution is -0.141. The van der Waals surface area contributed by atoms with Crippen LogP contribution < -0.4 is 5.32 Å². The fourth-order valence-electron chi connectivity index (χ4n) is 2.59. The Morgan fingerprint density at radius 3 is 2.68 bits per heavy atom. The second-order valence-corrected chi connectivity index (χ2v) is 5.66. The molecule has 3 rings (SSSR count). The Morgan fingerprint density at radius 1 is 1.36 bits per heavy atom. The fourth-order valence-corrected chi connectivity index (χ4v) is 2.82. The number of amides is 4. The average Bonchev–Trinajstić information content (AvgIpc) is 2.73. The first-order valence-corrected chi connectivity index (χ1v) is 7.15. The van der Waals surface area contributed by atoms with Crippen molar-refractivity contribution in [1.82, 2.24) is 15.1 Å². The molecule has 0 spiro atoms. The highest BCUT2D eigenvalue weighted by molar-refractivity contribution is 6.31. The summed E-state index contributed by atoms with van der Waals surface area (Å²) in [5.74, 6) is -1.10. The summed E-state index contributed by atoms with van der Waals surface area (Å²) >= 11 is 5.89. The molecule has 22 heavy (non-hydrogen) atoms. The Kier molecular flexibility index (Phi) is 3.74. The van der Waals surface area contributed by atoms with Crippen LogP contribution in [0.1, 0.15) is 5.56 Å². The molecule has 2 saturated heterocycles. The molecule has 1 aromatic rings. The first kappa shape index (κ1) is 14.8. The largest absolute Gasteiger partial charge is 0.338 e. The van der Waals surface area contributed by atoms with Gasteiger partial charge in [0.05, 0.1) is 19.0 Å². The number of carbonyl (C=O) groups is 3. The molecular formula is C14H13ClFN3O3. The molecule has 0 atom stereocenters. The van der Waals surface area contributed by atoms with Gasteiger partial charge in [-0.15, -0.1) is 0 Å². The van der Waals surface area contributed by atoms with Gasteiger partial charge in [0.1, 0.15) is 5.82 Å².